The van der Waals surface area contributed by atoms with Gasteiger partial charge in [0.15, 0.2) is 0 Å². The topological polar surface area (TPSA) is 105 Å². The first-order chi connectivity index (χ1) is 16.0. The smallest absolute Gasteiger partial charge is 0.407 e. The fourth-order valence-corrected chi connectivity index (χ4v) is 4.86. The first-order valence-electron chi connectivity index (χ1n) is 11.1. The second kappa shape index (κ2) is 10.0. The van der Waals surface area contributed by atoms with Crippen molar-refractivity contribution in [3.63, 3.8) is 0 Å². The van der Waals surface area contributed by atoms with Crippen LogP contribution >= 0.6 is 0 Å². The Morgan fingerprint density at radius 2 is 1.73 bits per heavy atom. The summed E-state index contributed by atoms with van der Waals surface area (Å²) in [6.45, 7) is 0.571. The number of likely N-dealkylation sites (tertiary alicyclic amines) is 1. The Balaban J connectivity index is 1.41. The highest BCUT2D eigenvalue weighted by Gasteiger charge is 2.35. The van der Waals surface area contributed by atoms with E-state index < -0.39 is 18.1 Å². The van der Waals surface area contributed by atoms with Gasteiger partial charge in [-0.25, -0.2) is 4.79 Å². The van der Waals surface area contributed by atoms with E-state index in [4.69, 9.17) is 14.6 Å². The maximum Gasteiger partial charge on any atom is 0.407 e. The molecule has 1 saturated heterocycles. The van der Waals surface area contributed by atoms with Crippen LogP contribution in [0, 0.1) is 0 Å². The third-order valence-electron chi connectivity index (χ3n) is 6.34. The lowest BCUT2D eigenvalue weighted by Crippen LogP contribution is -2.52. The molecule has 174 valence electrons. The Bertz CT molecular complexity index is 994. The molecule has 0 aromatic heterocycles. The molecule has 2 unspecified atom stereocenters. The van der Waals surface area contributed by atoms with E-state index in [2.05, 4.69) is 17.4 Å². The number of alkyl carbamates (subject to hydrolysis) is 1. The summed E-state index contributed by atoms with van der Waals surface area (Å²) in [4.78, 5) is 38.3. The number of ether oxygens (including phenoxy) is 2. The van der Waals surface area contributed by atoms with Crippen LogP contribution in [0.15, 0.2) is 48.5 Å². The van der Waals surface area contributed by atoms with Gasteiger partial charge in [0, 0.05) is 25.6 Å². The van der Waals surface area contributed by atoms with Gasteiger partial charge in [-0.1, -0.05) is 48.5 Å². The Hall–Kier alpha value is -3.39. The predicted molar refractivity (Wildman–Crippen MR) is 121 cm³/mol. The van der Waals surface area contributed by atoms with Crippen LogP contribution < -0.4 is 5.32 Å². The zero-order valence-electron chi connectivity index (χ0n) is 18.5. The minimum atomic E-state index is -0.951. The quantitative estimate of drug-likeness (QED) is 0.638. The lowest BCUT2D eigenvalue weighted by molar-refractivity contribution is -0.141. The average molecular weight is 453 g/mol. The summed E-state index contributed by atoms with van der Waals surface area (Å²) in [5.74, 6) is -1.39. The van der Waals surface area contributed by atoms with E-state index in [0.29, 0.717) is 13.0 Å². The summed E-state index contributed by atoms with van der Waals surface area (Å²) in [5, 5.41) is 11.7. The zero-order chi connectivity index (χ0) is 23.4. The summed E-state index contributed by atoms with van der Waals surface area (Å²) in [7, 11) is 1.44. The molecule has 8 heteroatoms. The number of nitrogens with zero attached hydrogens (tertiary/aromatic N) is 1. The van der Waals surface area contributed by atoms with Gasteiger partial charge >= 0.3 is 12.1 Å². The van der Waals surface area contributed by atoms with Crippen LogP contribution in [-0.2, 0) is 19.1 Å². The number of rotatable bonds is 8. The minimum Gasteiger partial charge on any atom is -0.481 e. The van der Waals surface area contributed by atoms with E-state index >= 15 is 0 Å². The van der Waals surface area contributed by atoms with Crippen LogP contribution in [0.4, 0.5) is 4.79 Å². The fraction of sp³-hybridized carbons (Fsp3) is 0.400. The molecule has 2 aromatic rings. The minimum absolute atomic E-state index is 0.0285. The lowest BCUT2D eigenvalue weighted by atomic mass is 9.98. The molecule has 2 N–H and O–H groups in total. The van der Waals surface area contributed by atoms with E-state index in [1.165, 1.54) is 12.0 Å². The molecule has 1 aliphatic carbocycles. The summed E-state index contributed by atoms with van der Waals surface area (Å²) >= 11 is 0. The highest BCUT2D eigenvalue weighted by Crippen LogP contribution is 2.44. The Kier molecular flexibility index (Phi) is 6.93. The number of hydrogen-bond acceptors (Lipinski definition) is 5. The van der Waals surface area contributed by atoms with Crippen LogP contribution in [0.1, 0.15) is 36.3 Å². The summed E-state index contributed by atoms with van der Waals surface area (Å²) < 4.78 is 10.7. The largest absolute Gasteiger partial charge is 0.481 e. The van der Waals surface area contributed by atoms with E-state index in [9.17, 15) is 14.4 Å². The molecule has 0 bridgehead atoms. The van der Waals surface area contributed by atoms with Gasteiger partial charge in [-0.05, 0) is 35.1 Å². The Morgan fingerprint density at radius 1 is 1.09 bits per heavy atom. The number of carboxylic acid groups (broad SMARTS) is 1. The van der Waals surface area contributed by atoms with Gasteiger partial charge in [-0.15, -0.1) is 0 Å². The van der Waals surface area contributed by atoms with Gasteiger partial charge < -0.3 is 24.8 Å². The van der Waals surface area contributed by atoms with Crippen molar-refractivity contribution in [1.82, 2.24) is 10.2 Å². The molecule has 1 fully saturated rings. The Morgan fingerprint density at radius 3 is 2.33 bits per heavy atom. The molecule has 2 aliphatic rings. The van der Waals surface area contributed by atoms with Crippen molar-refractivity contribution in [2.45, 2.75) is 37.3 Å². The van der Waals surface area contributed by atoms with Crippen LogP contribution in [0.2, 0.25) is 0 Å². The van der Waals surface area contributed by atoms with Crippen molar-refractivity contribution in [1.29, 1.82) is 0 Å². The van der Waals surface area contributed by atoms with Crippen LogP contribution in [-0.4, -0.2) is 66.9 Å². The number of carbonyl (C=O) groups excluding carboxylic acids is 2. The summed E-state index contributed by atoms with van der Waals surface area (Å²) in [5.41, 5.74) is 4.47. The number of methoxy groups -OCH3 is 1. The normalized spacial score (nSPS) is 17.8. The predicted octanol–water partition coefficient (Wildman–Crippen LogP) is 3.01. The Labute approximate surface area is 192 Å². The van der Waals surface area contributed by atoms with E-state index in [1.807, 2.05) is 36.4 Å². The SMILES string of the molecule is COCC(NC(=O)OCC1c2ccccc2-c2ccccc21)C(=O)N1CCCC1CC(=O)O. The van der Waals surface area contributed by atoms with E-state index in [1.54, 1.807) is 0 Å². The third-order valence-corrected chi connectivity index (χ3v) is 6.34. The molecule has 1 heterocycles. The number of benzene rings is 2. The molecular formula is C25H28N2O6. The first kappa shape index (κ1) is 22.8. The molecule has 2 aromatic carbocycles. The maximum absolute atomic E-state index is 13.0. The van der Waals surface area contributed by atoms with Crippen molar-refractivity contribution in [3.05, 3.63) is 59.7 Å². The molecule has 8 nitrogen and oxygen atoms in total. The number of carboxylic acids is 1. The zero-order valence-corrected chi connectivity index (χ0v) is 18.5. The van der Waals surface area contributed by atoms with Gasteiger partial charge in [0.05, 0.1) is 13.0 Å². The van der Waals surface area contributed by atoms with Crippen molar-refractivity contribution >= 4 is 18.0 Å². The first-order valence-corrected chi connectivity index (χ1v) is 11.1. The van der Waals surface area contributed by atoms with Crippen LogP contribution in [0.3, 0.4) is 0 Å². The van der Waals surface area contributed by atoms with Gasteiger partial charge in [-0.3, -0.25) is 9.59 Å². The highest BCUT2D eigenvalue weighted by atomic mass is 16.5. The number of carbonyl (C=O) groups is 3. The lowest BCUT2D eigenvalue weighted by Gasteiger charge is -2.28. The molecule has 0 spiro atoms. The van der Waals surface area contributed by atoms with Gasteiger partial charge in [0.25, 0.3) is 0 Å². The number of amides is 2. The standard InChI is InChI=1S/C25H28N2O6/c1-32-15-22(24(30)27-12-6-7-16(27)13-23(28)29)26-25(31)33-14-21-19-10-4-2-8-17(19)18-9-3-5-11-20(18)21/h2-5,8-11,16,21-22H,6-7,12-15H2,1H3,(H,26,31)(H,28,29). The molecule has 33 heavy (non-hydrogen) atoms. The van der Waals surface area contributed by atoms with Crippen molar-refractivity contribution in [3.8, 4) is 11.1 Å². The van der Waals surface area contributed by atoms with Crippen LogP contribution in [0.5, 0.6) is 0 Å². The van der Waals surface area contributed by atoms with E-state index in [0.717, 1.165) is 28.7 Å². The van der Waals surface area contributed by atoms with Crippen molar-refractivity contribution < 1.29 is 29.0 Å². The number of aliphatic carboxylic acids is 1. The molecule has 1 aliphatic heterocycles. The summed E-state index contributed by atoms with van der Waals surface area (Å²) in [6, 6.07) is 14.8. The summed E-state index contributed by atoms with van der Waals surface area (Å²) in [6.07, 6.45) is 0.536. The molecule has 0 saturated carbocycles. The molecular weight excluding hydrogens is 424 g/mol. The van der Waals surface area contributed by atoms with Gasteiger partial charge in [0.1, 0.15) is 12.6 Å². The van der Waals surface area contributed by atoms with Crippen molar-refractivity contribution in [2.24, 2.45) is 0 Å². The maximum atomic E-state index is 13.0. The molecule has 4 rings (SSSR count). The third kappa shape index (κ3) is 4.85. The average Bonchev–Trinajstić information content (AvgIpc) is 3.39. The second-order valence-corrected chi connectivity index (χ2v) is 8.40. The van der Waals surface area contributed by atoms with Crippen molar-refractivity contribution in [2.75, 3.05) is 26.9 Å². The molecule has 0 radical (unpaired) electrons. The number of nitrogens with one attached hydrogen (secondary N) is 1. The number of hydrogen-bond donors (Lipinski definition) is 2. The monoisotopic (exact) mass is 452 g/mol. The van der Waals surface area contributed by atoms with Gasteiger partial charge in [0.2, 0.25) is 5.91 Å². The highest BCUT2D eigenvalue weighted by molar-refractivity contribution is 5.87. The second-order valence-electron chi connectivity index (χ2n) is 8.40. The fourth-order valence-electron chi connectivity index (χ4n) is 4.86. The molecule has 2 amide bonds. The van der Waals surface area contributed by atoms with Crippen LogP contribution in [0.25, 0.3) is 11.1 Å². The molecule has 2 atom stereocenters. The number of fused-ring (bicyclic) bond motifs is 3. The van der Waals surface area contributed by atoms with Gasteiger partial charge in [-0.2, -0.15) is 0 Å². The van der Waals surface area contributed by atoms with E-state index in [-0.39, 0.29) is 37.5 Å².